The lowest BCUT2D eigenvalue weighted by Crippen LogP contribution is -2.35. The molecule has 1 aromatic carbocycles. The predicted octanol–water partition coefficient (Wildman–Crippen LogP) is 2.77. The largest absolute Gasteiger partial charge is 0.492 e. The van der Waals surface area contributed by atoms with Crippen molar-refractivity contribution >= 4 is 21.9 Å². The van der Waals surface area contributed by atoms with Gasteiger partial charge in [-0.25, -0.2) is 0 Å². The number of halogens is 1. The van der Waals surface area contributed by atoms with E-state index in [4.69, 9.17) is 4.74 Å². The van der Waals surface area contributed by atoms with Crippen molar-refractivity contribution in [2.75, 3.05) is 13.2 Å². The van der Waals surface area contributed by atoms with E-state index in [-0.39, 0.29) is 12.0 Å². The molecule has 5 heteroatoms. The Hall–Kier alpha value is -1.07. The predicted molar refractivity (Wildman–Crippen MR) is 78.9 cm³/mol. The topological polar surface area (TPSA) is 49.8 Å². The molecule has 2 aliphatic rings. The first-order valence-corrected chi connectivity index (χ1v) is 7.81. The number of aliphatic carboxylic acids is 1. The van der Waals surface area contributed by atoms with Crippen molar-refractivity contribution in [3.05, 3.63) is 28.7 Å². The van der Waals surface area contributed by atoms with Crippen LogP contribution in [0.15, 0.2) is 28.7 Å². The molecule has 0 aromatic heterocycles. The van der Waals surface area contributed by atoms with Crippen LogP contribution in [0.25, 0.3) is 0 Å². The Balaban J connectivity index is 1.53. The number of ether oxygens (including phenoxy) is 1. The van der Waals surface area contributed by atoms with Gasteiger partial charge in [-0.3, -0.25) is 9.69 Å². The number of nitrogens with zero attached hydrogens (tertiary/aromatic N) is 1. The van der Waals surface area contributed by atoms with Gasteiger partial charge in [0.2, 0.25) is 0 Å². The highest BCUT2D eigenvalue weighted by atomic mass is 79.9. The molecule has 108 valence electrons. The van der Waals surface area contributed by atoms with Crippen LogP contribution in [-0.2, 0) is 4.79 Å². The zero-order valence-corrected chi connectivity index (χ0v) is 12.8. The van der Waals surface area contributed by atoms with Crippen molar-refractivity contribution in [1.29, 1.82) is 0 Å². The summed E-state index contributed by atoms with van der Waals surface area (Å²) in [6, 6.07) is 8.43. The Bertz CT molecular complexity index is 508. The van der Waals surface area contributed by atoms with Crippen LogP contribution in [0.5, 0.6) is 5.75 Å². The van der Waals surface area contributed by atoms with Crippen LogP contribution in [0.1, 0.15) is 19.3 Å². The van der Waals surface area contributed by atoms with E-state index < -0.39 is 5.97 Å². The monoisotopic (exact) mass is 339 g/mol. The van der Waals surface area contributed by atoms with Gasteiger partial charge in [0.1, 0.15) is 12.4 Å². The molecule has 3 atom stereocenters. The number of fused-ring (bicyclic) bond motifs is 2. The lowest BCUT2D eigenvalue weighted by atomic mass is 9.89. The van der Waals surface area contributed by atoms with E-state index in [1.165, 1.54) is 0 Å². The van der Waals surface area contributed by atoms with Gasteiger partial charge in [0.05, 0.1) is 5.92 Å². The summed E-state index contributed by atoms with van der Waals surface area (Å²) in [6.07, 6.45) is 2.95. The standard InChI is InChI=1S/C15H18BrNO3/c16-10-2-1-3-12(8-10)20-7-6-17-11-4-5-14(17)13(9-11)15(18)19/h1-3,8,11,13-14H,4-7,9H2,(H,18,19). The van der Waals surface area contributed by atoms with Gasteiger partial charge in [-0.2, -0.15) is 0 Å². The van der Waals surface area contributed by atoms with Gasteiger partial charge in [-0.05, 0) is 37.5 Å². The maximum Gasteiger partial charge on any atom is 0.308 e. The number of benzene rings is 1. The zero-order chi connectivity index (χ0) is 14.1. The first-order chi connectivity index (χ1) is 9.65. The lowest BCUT2D eigenvalue weighted by Gasteiger charge is -2.22. The second-order valence-corrected chi connectivity index (χ2v) is 6.44. The molecule has 0 aliphatic carbocycles. The van der Waals surface area contributed by atoms with E-state index in [9.17, 15) is 9.90 Å². The van der Waals surface area contributed by atoms with E-state index in [2.05, 4.69) is 20.8 Å². The molecule has 0 spiro atoms. The van der Waals surface area contributed by atoms with Crippen LogP contribution in [-0.4, -0.2) is 41.2 Å². The second kappa shape index (κ2) is 5.74. The molecule has 1 aromatic rings. The van der Waals surface area contributed by atoms with E-state index >= 15 is 0 Å². The summed E-state index contributed by atoms with van der Waals surface area (Å²) in [5.41, 5.74) is 0. The molecule has 3 rings (SSSR count). The third-order valence-electron chi connectivity index (χ3n) is 4.41. The van der Waals surface area contributed by atoms with E-state index in [1.807, 2.05) is 24.3 Å². The second-order valence-electron chi connectivity index (χ2n) is 5.52. The van der Waals surface area contributed by atoms with Crippen molar-refractivity contribution in [1.82, 2.24) is 4.90 Å². The Morgan fingerprint density at radius 1 is 1.45 bits per heavy atom. The van der Waals surface area contributed by atoms with Gasteiger partial charge in [0.25, 0.3) is 0 Å². The minimum Gasteiger partial charge on any atom is -0.492 e. The fraction of sp³-hybridized carbons (Fsp3) is 0.533. The van der Waals surface area contributed by atoms with Crippen molar-refractivity contribution in [3.63, 3.8) is 0 Å². The molecule has 2 aliphatic heterocycles. The summed E-state index contributed by atoms with van der Waals surface area (Å²) in [5.74, 6) is 0.0235. The molecule has 20 heavy (non-hydrogen) atoms. The first-order valence-electron chi connectivity index (χ1n) is 7.02. The number of carboxylic acid groups (broad SMARTS) is 1. The molecule has 2 saturated heterocycles. The van der Waals surface area contributed by atoms with E-state index in [0.717, 1.165) is 36.0 Å². The summed E-state index contributed by atoms with van der Waals surface area (Å²) in [7, 11) is 0. The smallest absolute Gasteiger partial charge is 0.308 e. The average Bonchev–Trinajstić information content (AvgIpc) is 2.96. The van der Waals surface area contributed by atoms with Crippen LogP contribution in [0, 0.1) is 5.92 Å². The van der Waals surface area contributed by atoms with Gasteiger partial charge in [-0.15, -0.1) is 0 Å². The van der Waals surface area contributed by atoms with Crippen LogP contribution in [0.4, 0.5) is 0 Å². The van der Waals surface area contributed by atoms with Gasteiger partial charge in [0, 0.05) is 23.1 Å². The summed E-state index contributed by atoms with van der Waals surface area (Å²) in [6.45, 7) is 1.42. The molecule has 1 N–H and O–H groups in total. The molecule has 4 nitrogen and oxygen atoms in total. The SMILES string of the molecule is O=C(O)C1CC2CCC1N2CCOc1cccc(Br)c1. The van der Waals surface area contributed by atoms with E-state index in [0.29, 0.717) is 12.6 Å². The van der Waals surface area contributed by atoms with Gasteiger partial charge in [0.15, 0.2) is 0 Å². The molecular weight excluding hydrogens is 322 g/mol. The molecule has 2 heterocycles. The van der Waals surface area contributed by atoms with Crippen LogP contribution >= 0.6 is 15.9 Å². The normalized spacial score (nSPS) is 28.8. The van der Waals surface area contributed by atoms with Crippen LogP contribution in [0.2, 0.25) is 0 Å². The Labute approximate surface area is 126 Å². The van der Waals surface area contributed by atoms with Gasteiger partial charge in [-0.1, -0.05) is 22.0 Å². The number of carbonyl (C=O) groups is 1. The molecule has 0 amide bonds. The van der Waals surface area contributed by atoms with Crippen molar-refractivity contribution in [2.24, 2.45) is 5.92 Å². The zero-order valence-electron chi connectivity index (χ0n) is 11.2. The average molecular weight is 340 g/mol. The number of carboxylic acids is 1. The fourth-order valence-corrected chi connectivity index (χ4v) is 3.92. The maximum atomic E-state index is 11.2. The Morgan fingerprint density at radius 2 is 2.30 bits per heavy atom. The summed E-state index contributed by atoms with van der Waals surface area (Å²) >= 11 is 3.42. The quantitative estimate of drug-likeness (QED) is 0.896. The third kappa shape index (κ3) is 2.69. The fourth-order valence-electron chi connectivity index (χ4n) is 3.54. The molecule has 0 saturated carbocycles. The first kappa shape index (κ1) is 13.9. The minimum absolute atomic E-state index is 0.181. The molecule has 3 unspecified atom stereocenters. The summed E-state index contributed by atoms with van der Waals surface area (Å²) in [4.78, 5) is 13.5. The van der Waals surface area contributed by atoms with E-state index in [1.54, 1.807) is 0 Å². The molecule has 2 bridgehead atoms. The highest BCUT2D eigenvalue weighted by Crippen LogP contribution is 2.41. The van der Waals surface area contributed by atoms with Gasteiger partial charge >= 0.3 is 5.97 Å². The number of hydrogen-bond donors (Lipinski definition) is 1. The molecule has 0 radical (unpaired) electrons. The Kier molecular flexibility index (Phi) is 3.98. The summed E-state index contributed by atoms with van der Waals surface area (Å²) in [5, 5.41) is 9.22. The maximum absolute atomic E-state index is 11.2. The Morgan fingerprint density at radius 3 is 3.00 bits per heavy atom. The lowest BCUT2D eigenvalue weighted by molar-refractivity contribution is -0.142. The van der Waals surface area contributed by atoms with Gasteiger partial charge < -0.3 is 9.84 Å². The van der Waals surface area contributed by atoms with Crippen molar-refractivity contribution in [2.45, 2.75) is 31.3 Å². The number of rotatable bonds is 5. The van der Waals surface area contributed by atoms with Crippen LogP contribution in [0.3, 0.4) is 0 Å². The van der Waals surface area contributed by atoms with Crippen molar-refractivity contribution in [3.8, 4) is 5.75 Å². The molecular formula is C15H18BrNO3. The highest BCUT2D eigenvalue weighted by Gasteiger charge is 2.48. The minimum atomic E-state index is -0.643. The number of hydrogen-bond acceptors (Lipinski definition) is 3. The molecule has 2 fully saturated rings. The third-order valence-corrected chi connectivity index (χ3v) is 4.91. The highest BCUT2D eigenvalue weighted by molar-refractivity contribution is 9.10. The van der Waals surface area contributed by atoms with Crippen LogP contribution < -0.4 is 4.74 Å². The van der Waals surface area contributed by atoms with Crippen molar-refractivity contribution < 1.29 is 14.6 Å². The summed E-state index contributed by atoms with van der Waals surface area (Å²) < 4.78 is 6.75.